The molecule has 2 N–H and O–H groups in total. The number of hydrogen-bond donors (Lipinski definition) is 2. The first-order valence-corrected chi connectivity index (χ1v) is 10.3. The summed E-state index contributed by atoms with van der Waals surface area (Å²) in [6, 6.07) is 2.43. The Kier molecular flexibility index (Phi) is 7.67. The molecular formula is C20H8Cl3F7N4O2. The lowest BCUT2D eigenvalue weighted by atomic mass is 10.2. The maximum atomic E-state index is 14.1. The second-order valence-corrected chi connectivity index (χ2v) is 8.05. The third-order valence-corrected chi connectivity index (χ3v) is 5.19. The molecule has 0 aliphatic heterocycles. The molecule has 3 aromatic rings. The number of aromatic nitrogens is 2. The zero-order valence-corrected chi connectivity index (χ0v) is 19.2. The maximum Gasteiger partial charge on any atom is 0.417 e. The molecule has 3 rings (SSSR count). The summed E-state index contributed by atoms with van der Waals surface area (Å²) in [4.78, 5) is 31.8. The van der Waals surface area contributed by atoms with Crippen LogP contribution in [0.1, 0.15) is 32.1 Å². The zero-order valence-electron chi connectivity index (χ0n) is 17.0. The smallest absolute Gasteiger partial charge is 0.319 e. The van der Waals surface area contributed by atoms with Crippen LogP contribution in [0.2, 0.25) is 15.1 Å². The average molecular weight is 576 g/mol. The zero-order chi connectivity index (χ0) is 27.0. The number of pyridine rings is 2. The van der Waals surface area contributed by atoms with Gasteiger partial charge in [0, 0.05) is 18.5 Å². The Balaban J connectivity index is 1.91. The minimum Gasteiger partial charge on any atom is -0.319 e. The van der Waals surface area contributed by atoms with Crippen molar-refractivity contribution in [1.82, 2.24) is 9.97 Å². The van der Waals surface area contributed by atoms with E-state index in [4.69, 9.17) is 34.8 Å². The third kappa shape index (κ3) is 6.15. The van der Waals surface area contributed by atoms with Crippen LogP contribution in [0.25, 0.3) is 0 Å². The number of benzene rings is 1. The van der Waals surface area contributed by atoms with Gasteiger partial charge in [-0.1, -0.05) is 34.8 Å². The van der Waals surface area contributed by atoms with Gasteiger partial charge < -0.3 is 10.6 Å². The predicted molar refractivity (Wildman–Crippen MR) is 116 cm³/mol. The molecule has 0 fully saturated rings. The molecule has 0 atom stereocenters. The fraction of sp³-hybridized carbons (Fsp3) is 0.100. The predicted octanol–water partition coefficient (Wildman–Crippen LogP) is 7.12. The number of alkyl halides is 6. The number of anilines is 2. The van der Waals surface area contributed by atoms with Crippen molar-refractivity contribution in [3.63, 3.8) is 0 Å². The third-order valence-electron chi connectivity index (χ3n) is 4.32. The minimum absolute atomic E-state index is 0.351. The molecule has 190 valence electrons. The Labute approximate surface area is 211 Å². The van der Waals surface area contributed by atoms with Gasteiger partial charge in [-0.05, 0) is 18.2 Å². The van der Waals surface area contributed by atoms with Crippen molar-refractivity contribution in [3.05, 3.63) is 80.1 Å². The highest BCUT2D eigenvalue weighted by molar-refractivity contribution is 6.35. The van der Waals surface area contributed by atoms with Crippen LogP contribution in [0.4, 0.5) is 42.1 Å². The molecule has 0 unspecified atom stereocenters. The van der Waals surface area contributed by atoms with E-state index in [1.807, 2.05) is 0 Å². The Morgan fingerprint density at radius 2 is 1.06 bits per heavy atom. The van der Waals surface area contributed by atoms with Crippen LogP contribution in [0.15, 0.2) is 36.7 Å². The van der Waals surface area contributed by atoms with Gasteiger partial charge in [0.15, 0.2) is 0 Å². The van der Waals surface area contributed by atoms with Gasteiger partial charge in [-0.25, -0.2) is 14.4 Å². The number of nitrogens with one attached hydrogen (secondary N) is 2. The first-order valence-electron chi connectivity index (χ1n) is 9.15. The Morgan fingerprint density at radius 1 is 0.667 bits per heavy atom. The van der Waals surface area contributed by atoms with Crippen LogP contribution < -0.4 is 10.6 Å². The molecular weight excluding hydrogens is 568 g/mol. The van der Waals surface area contributed by atoms with E-state index in [1.165, 1.54) is 0 Å². The van der Waals surface area contributed by atoms with Crippen molar-refractivity contribution in [3.8, 4) is 0 Å². The largest absolute Gasteiger partial charge is 0.417 e. The summed E-state index contributed by atoms with van der Waals surface area (Å²) in [5, 5.41) is 2.40. The summed E-state index contributed by atoms with van der Waals surface area (Å²) < 4.78 is 90.8. The van der Waals surface area contributed by atoms with Gasteiger partial charge in [-0.15, -0.1) is 0 Å². The molecule has 6 nitrogen and oxygen atoms in total. The number of carbonyl (C=O) groups excluding carboxylic acids is 2. The number of amides is 2. The molecule has 36 heavy (non-hydrogen) atoms. The SMILES string of the molecule is O=C(Nc1cc(F)c(Cl)cc1NC(=O)c1ncc(C(F)(F)F)cc1Cl)c1ncc(C(F)(F)F)cc1Cl. The topological polar surface area (TPSA) is 84.0 Å². The van der Waals surface area contributed by atoms with Crippen molar-refractivity contribution in [2.45, 2.75) is 12.4 Å². The van der Waals surface area contributed by atoms with Crippen LogP contribution in [-0.2, 0) is 12.4 Å². The Hall–Kier alpha value is -3.16. The molecule has 0 aliphatic rings. The molecule has 2 aromatic heterocycles. The van der Waals surface area contributed by atoms with Crippen LogP contribution >= 0.6 is 34.8 Å². The van der Waals surface area contributed by atoms with Crippen molar-refractivity contribution < 1.29 is 40.3 Å². The van der Waals surface area contributed by atoms with Crippen LogP contribution in [0, 0.1) is 5.82 Å². The molecule has 16 heteroatoms. The van der Waals surface area contributed by atoms with E-state index in [0.29, 0.717) is 30.6 Å². The highest BCUT2D eigenvalue weighted by Crippen LogP contribution is 2.34. The van der Waals surface area contributed by atoms with Gasteiger partial charge in [0.25, 0.3) is 11.8 Å². The molecule has 2 heterocycles. The first-order chi connectivity index (χ1) is 16.6. The van der Waals surface area contributed by atoms with Gasteiger partial charge >= 0.3 is 12.4 Å². The van der Waals surface area contributed by atoms with Gasteiger partial charge in [0.2, 0.25) is 0 Å². The van der Waals surface area contributed by atoms with E-state index >= 15 is 0 Å². The van der Waals surface area contributed by atoms with E-state index in [-0.39, 0.29) is 5.69 Å². The van der Waals surface area contributed by atoms with E-state index in [0.717, 1.165) is 6.07 Å². The lowest BCUT2D eigenvalue weighted by molar-refractivity contribution is -0.138. The normalized spacial score (nSPS) is 11.8. The summed E-state index contributed by atoms with van der Waals surface area (Å²) in [5.74, 6) is -3.41. The summed E-state index contributed by atoms with van der Waals surface area (Å²) in [6.45, 7) is 0. The number of hydrogen-bond acceptors (Lipinski definition) is 4. The lowest BCUT2D eigenvalue weighted by Crippen LogP contribution is -2.20. The van der Waals surface area contributed by atoms with E-state index in [9.17, 15) is 40.3 Å². The number of carbonyl (C=O) groups is 2. The van der Waals surface area contributed by atoms with Crippen molar-refractivity contribution in [1.29, 1.82) is 0 Å². The van der Waals surface area contributed by atoms with Gasteiger partial charge in [-0.3, -0.25) is 9.59 Å². The van der Waals surface area contributed by atoms with Gasteiger partial charge in [0.1, 0.15) is 17.2 Å². The highest BCUT2D eigenvalue weighted by atomic mass is 35.5. The average Bonchev–Trinajstić information content (AvgIpc) is 2.75. The molecule has 0 spiro atoms. The van der Waals surface area contributed by atoms with Gasteiger partial charge in [0.05, 0.1) is 37.6 Å². The standard InChI is InChI=1S/C20H8Cl3F7N4O2/c21-9-3-13(33-17(35)15-10(22)1-7(5-31-15)19(25,26)27)14(4-12(9)24)34-18(36)16-11(23)2-8(6-32-16)20(28,29)30/h1-6H,(H,33,35)(H,34,36). The molecule has 2 amide bonds. The number of halogens is 10. The molecule has 0 saturated carbocycles. The van der Waals surface area contributed by atoms with E-state index in [1.54, 1.807) is 0 Å². The number of nitrogens with zero attached hydrogens (tertiary/aromatic N) is 2. The fourth-order valence-electron chi connectivity index (χ4n) is 2.64. The van der Waals surface area contributed by atoms with Crippen LogP contribution in [0.5, 0.6) is 0 Å². The number of rotatable bonds is 4. The van der Waals surface area contributed by atoms with Gasteiger partial charge in [-0.2, -0.15) is 26.3 Å². The van der Waals surface area contributed by atoms with Crippen molar-refractivity contribution in [2.24, 2.45) is 0 Å². The molecule has 1 aromatic carbocycles. The molecule has 0 saturated heterocycles. The Bertz CT molecular complexity index is 1260. The maximum absolute atomic E-state index is 14.1. The van der Waals surface area contributed by atoms with Crippen LogP contribution in [-0.4, -0.2) is 21.8 Å². The van der Waals surface area contributed by atoms with E-state index in [2.05, 4.69) is 20.6 Å². The highest BCUT2D eigenvalue weighted by Gasteiger charge is 2.33. The van der Waals surface area contributed by atoms with Crippen molar-refractivity contribution >= 4 is 58.0 Å². The van der Waals surface area contributed by atoms with Crippen molar-refractivity contribution in [2.75, 3.05) is 10.6 Å². The molecule has 0 aliphatic carbocycles. The first kappa shape index (κ1) is 27.4. The fourth-order valence-corrected chi connectivity index (χ4v) is 3.30. The summed E-state index contributed by atoms with van der Waals surface area (Å²) in [5.41, 5.74) is -4.56. The monoisotopic (exact) mass is 574 g/mol. The van der Waals surface area contributed by atoms with E-state index < -0.39 is 73.3 Å². The van der Waals surface area contributed by atoms with Crippen LogP contribution in [0.3, 0.4) is 0 Å². The molecule has 0 bridgehead atoms. The second-order valence-electron chi connectivity index (χ2n) is 6.82. The molecule has 0 radical (unpaired) electrons. The minimum atomic E-state index is -4.78. The lowest BCUT2D eigenvalue weighted by Gasteiger charge is -2.15. The summed E-state index contributed by atoms with van der Waals surface area (Å²) in [7, 11) is 0. The summed E-state index contributed by atoms with van der Waals surface area (Å²) >= 11 is 17.2. The Morgan fingerprint density at radius 3 is 1.42 bits per heavy atom. The quantitative estimate of drug-likeness (QED) is 0.325. The summed E-state index contributed by atoms with van der Waals surface area (Å²) in [6.07, 6.45) is -8.85. The second kappa shape index (κ2) is 10.1.